The van der Waals surface area contributed by atoms with Crippen molar-refractivity contribution < 1.29 is 14.6 Å². The molecule has 0 amide bonds. The first-order valence-corrected chi connectivity index (χ1v) is 6.89. The number of benzene rings is 1. The first kappa shape index (κ1) is 14.0. The van der Waals surface area contributed by atoms with E-state index in [1.54, 1.807) is 13.0 Å². The SMILES string of the molecule is CCOC(=O)c1n[nH]nc1-c1cc(O)c(Br)cc1Br. The van der Waals surface area contributed by atoms with E-state index in [1.807, 2.05) is 0 Å². The van der Waals surface area contributed by atoms with Crippen LogP contribution in [0.2, 0.25) is 0 Å². The number of halogens is 2. The van der Waals surface area contributed by atoms with Crippen molar-refractivity contribution in [2.24, 2.45) is 0 Å². The van der Waals surface area contributed by atoms with Crippen LogP contribution in [0.15, 0.2) is 21.1 Å². The zero-order chi connectivity index (χ0) is 14.0. The number of ether oxygens (including phenoxy) is 1. The van der Waals surface area contributed by atoms with Crippen molar-refractivity contribution in [1.29, 1.82) is 0 Å². The minimum absolute atomic E-state index is 0.0380. The van der Waals surface area contributed by atoms with Gasteiger partial charge in [-0.3, -0.25) is 0 Å². The Kier molecular flexibility index (Phi) is 4.20. The van der Waals surface area contributed by atoms with Gasteiger partial charge >= 0.3 is 5.97 Å². The molecule has 0 bridgehead atoms. The molecule has 2 aromatic rings. The quantitative estimate of drug-likeness (QED) is 0.786. The molecule has 1 aromatic carbocycles. The topological polar surface area (TPSA) is 88.1 Å². The van der Waals surface area contributed by atoms with E-state index in [1.165, 1.54) is 6.07 Å². The lowest BCUT2D eigenvalue weighted by Crippen LogP contribution is -2.06. The fourth-order valence-electron chi connectivity index (χ4n) is 1.48. The van der Waals surface area contributed by atoms with E-state index < -0.39 is 5.97 Å². The number of phenolic OH excluding ortho intramolecular Hbond substituents is 1. The van der Waals surface area contributed by atoms with E-state index in [4.69, 9.17) is 4.74 Å². The van der Waals surface area contributed by atoms with Gasteiger partial charge in [0.2, 0.25) is 0 Å². The van der Waals surface area contributed by atoms with Gasteiger partial charge in [-0.15, -0.1) is 5.10 Å². The lowest BCUT2D eigenvalue weighted by Gasteiger charge is -2.05. The second-order valence-corrected chi connectivity index (χ2v) is 5.23. The molecule has 0 aliphatic rings. The average Bonchev–Trinajstić information content (AvgIpc) is 2.83. The Bertz CT molecular complexity index is 628. The molecule has 0 radical (unpaired) electrons. The highest BCUT2D eigenvalue weighted by Crippen LogP contribution is 2.36. The number of aromatic amines is 1. The van der Waals surface area contributed by atoms with Crippen molar-refractivity contribution in [3.8, 4) is 17.0 Å². The monoisotopic (exact) mass is 389 g/mol. The van der Waals surface area contributed by atoms with Gasteiger partial charge in [-0.1, -0.05) is 15.9 Å². The normalized spacial score (nSPS) is 10.5. The van der Waals surface area contributed by atoms with Crippen molar-refractivity contribution in [1.82, 2.24) is 15.4 Å². The summed E-state index contributed by atoms with van der Waals surface area (Å²) in [7, 11) is 0. The fraction of sp³-hybridized carbons (Fsp3) is 0.182. The molecule has 2 rings (SSSR count). The molecule has 0 spiro atoms. The van der Waals surface area contributed by atoms with Crippen LogP contribution >= 0.6 is 31.9 Å². The van der Waals surface area contributed by atoms with Crippen LogP contribution in [0, 0.1) is 0 Å². The standard InChI is InChI=1S/C11H9Br2N3O3/c1-2-19-11(18)10-9(14-16-15-10)5-3-8(17)7(13)4-6(5)12/h3-4,17H,2H2,1H3,(H,14,15,16). The largest absolute Gasteiger partial charge is 0.507 e. The van der Waals surface area contributed by atoms with Crippen LogP contribution in [0.1, 0.15) is 17.4 Å². The molecule has 0 aliphatic carbocycles. The zero-order valence-corrected chi connectivity index (χ0v) is 12.9. The van der Waals surface area contributed by atoms with Gasteiger partial charge in [0.15, 0.2) is 5.69 Å². The minimum Gasteiger partial charge on any atom is -0.507 e. The molecule has 0 fully saturated rings. The number of phenols is 1. The van der Waals surface area contributed by atoms with Crippen LogP contribution in [0.3, 0.4) is 0 Å². The van der Waals surface area contributed by atoms with Crippen molar-refractivity contribution >= 4 is 37.8 Å². The zero-order valence-electron chi connectivity index (χ0n) is 9.78. The molecule has 2 N–H and O–H groups in total. The van der Waals surface area contributed by atoms with Crippen LogP contribution < -0.4 is 0 Å². The van der Waals surface area contributed by atoms with Gasteiger partial charge < -0.3 is 9.84 Å². The maximum absolute atomic E-state index is 11.7. The second kappa shape index (κ2) is 5.70. The van der Waals surface area contributed by atoms with Crippen molar-refractivity contribution in [2.45, 2.75) is 6.92 Å². The number of H-pyrrole nitrogens is 1. The Morgan fingerprint density at radius 3 is 2.79 bits per heavy atom. The third kappa shape index (κ3) is 2.79. The summed E-state index contributed by atoms with van der Waals surface area (Å²) in [5.74, 6) is -0.531. The van der Waals surface area contributed by atoms with Crippen LogP contribution in [-0.2, 0) is 4.74 Å². The molecule has 1 heterocycles. The summed E-state index contributed by atoms with van der Waals surface area (Å²) in [5, 5.41) is 19.8. The second-order valence-electron chi connectivity index (χ2n) is 3.52. The molecular weight excluding hydrogens is 382 g/mol. The Balaban J connectivity index is 2.51. The summed E-state index contributed by atoms with van der Waals surface area (Å²) in [5.41, 5.74) is 0.926. The molecule has 0 saturated carbocycles. The molecular formula is C11H9Br2N3O3. The van der Waals surface area contributed by atoms with E-state index >= 15 is 0 Å². The molecule has 6 nitrogen and oxygen atoms in total. The third-order valence-corrected chi connectivity index (χ3v) is 3.60. The molecule has 0 saturated heterocycles. The van der Waals surface area contributed by atoms with E-state index in [-0.39, 0.29) is 18.1 Å². The Labute approximate surface area is 125 Å². The first-order chi connectivity index (χ1) is 9.04. The van der Waals surface area contributed by atoms with Gasteiger partial charge in [-0.2, -0.15) is 10.3 Å². The van der Waals surface area contributed by atoms with Crippen LogP contribution in [0.25, 0.3) is 11.3 Å². The lowest BCUT2D eigenvalue weighted by atomic mass is 10.1. The van der Waals surface area contributed by atoms with Crippen LogP contribution in [0.4, 0.5) is 0 Å². The van der Waals surface area contributed by atoms with Crippen LogP contribution in [-0.4, -0.2) is 33.1 Å². The Hall–Kier alpha value is -1.41. The van der Waals surface area contributed by atoms with Crippen molar-refractivity contribution in [3.63, 3.8) is 0 Å². The number of rotatable bonds is 3. The summed E-state index contributed by atoms with van der Waals surface area (Å²) in [4.78, 5) is 11.7. The highest BCUT2D eigenvalue weighted by molar-refractivity contribution is 9.11. The Morgan fingerprint density at radius 1 is 1.37 bits per heavy atom. The van der Waals surface area contributed by atoms with Gasteiger partial charge in [0.1, 0.15) is 11.4 Å². The highest BCUT2D eigenvalue weighted by Gasteiger charge is 2.21. The van der Waals surface area contributed by atoms with E-state index in [0.717, 1.165) is 0 Å². The number of nitrogens with zero attached hydrogens (tertiary/aromatic N) is 2. The summed E-state index contributed by atoms with van der Waals surface area (Å²) < 4.78 is 6.09. The third-order valence-electron chi connectivity index (χ3n) is 2.31. The average molecular weight is 391 g/mol. The van der Waals surface area contributed by atoms with Crippen molar-refractivity contribution in [2.75, 3.05) is 6.61 Å². The minimum atomic E-state index is -0.569. The Morgan fingerprint density at radius 2 is 2.11 bits per heavy atom. The maximum atomic E-state index is 11.7. The fourth-order valence-corrected chi connectivity index (χ4v) is 2.66. The number of carbonyl (C=O) groups is 1. The number of hydrogen-bond acceptors (Lipinski definition) is 5. The molecule has 0 aliphatic heterocycles. The number of nitrogens with one attached hydrogen (secondary N) is 1. The van der Waals surface area contributed by atoms with E-state index in [9.17, 15) is 9.90 Å². The highest BCUT2D eigenvalue weighted by atomic mass is 79.9. The van der Waals surface area contributed by atoms with Gasteiger partial charge in [0.25, 0.3) is 0 Å². The summed E-state index contributed by atoms with van der Waals surface area (Å²) in [6.45, 7) is 1.96. The number of hydrogen-bond donors (Lipinski definition) is 2. The number of esters is 1. The number of aromatic nitrogens is 3. The summed E-state index contributed by atoms with van der Waals surface area (Å²) in [6, 6.07) is 3.14. The lowest BCUT2D eigenvalue weighted by molar-refractivity contribution is 0.0520. The first-order valence-electron chi connectivity index (χ1n) is 5.30. The predicted octanol–water partition coefficient (Wildman–Crippen LogP) is 2.88. The number of aromatic hydroxyl groups is 1. The molecule has 8 heteroatoms. The van der Waals surface area contributed by atoms with Crippen LogP contribution in [0.5, 0.6) is 5.75 Å². The molecule has 0 unspecified atom stereocenters. The summed E-state index contributed by atoms with van der Waals surface area (Å²) in [6.07, 6.45) is 0. The van der Waals surface area contributed by atoms with E-state index in [0.29, 0.717) is 20.2 Å². The number of carbonyl (C=O) groups excluding carboxylic acids is 1. The van der Waals surface area contributed by atoms with Gasteiger partial charge in [-0.05, 0) is 35.0 Å². The van der Waals surface area contributed by atoms with Gasteiger partial charge in [0.05, 0.1) is 11.1 Å². The predicted molar refractivity (Wildman–Crippen MR) is 74.8 cm³/mol. The molecule has 100 valence electrons. The van der Waals surface area contributed by atoms with Crippen molar-refractivity contribution in [3.05, 3.63) is 26.8 Å². The van der Waals surface area contributed by atoms with E-state index in [2.05, 4.69) is 47.3 Å². The molecule has 19 heavy (non-hydrogen) atoms. The molecule has 0 atom stereocenters. The van der Waals surface area contributed by atoms with Gasteiger partial charge in [-0.25, -0.2) is 4.79 Å². The van der Waals surface area contributed by atoms with Gasteiger partial charge in [0, 0.05) is 10.0 Å². The maximum Gasteiger partial charge on any atom is 0.361 e. The molecule has 1 aromatic heterocycles. The smallest absolute Gasteiger partial charge is 0.361 e. The summed E-state index contributed by atoms with van der Waals surface area (Å²) >= 11 is 6.55.